The minimum atomic E-state index is -0.513. The van der Waals surface area contributed by atoms with E-state index in [9.17, 15) is 4.79 Å². The van der Waals surface area contributed by atoms with Gasteiger partial charge in [0.15, 0.2) is 4.34 Å². The molecule has 0 amide bonds. The number of ether oxygens (including phenoxy) is 1. The zero-order valence-electron chi connectivity index (χ0n) is 11.4. The fourth-order valence-corrected chi connectivity index (χ4v) is 4.71. The highest BCUT2D eigenvalue weighted by Crippen LogP contribution is 2.41. The number of aryl methyl sites for hydroxylation is 1. The molecule has 0 bridgehead atoms. The zero-order valence-corrected chi connectivity index (χ0v) is 13.1. The summed E-state index contributed by atoms with van der Waals surface area (Å²) >= 11 is 3.15. The number of aromatic nitrogens is 2. The van der Waals surface area contributed by atoms with E-state index in [0.29, 0.717) is 5.25 Å². The monoisotopic (exact) mass is 301 g/mol. The molecule has 106 valence electrons. The van der Waals surface area contributed by atoms with Gasteiger partial charge in [-0.05, 0) is 44.3 Å². The molecule has 2 unspecified atom stereocenters. The van der Waals surface area contributed by atoms with Crippen molar-refractivity contribution in [2.24, 2.45) is 0 Å². The maximum absolute atomic E-state index is 12.0. The van der Waals surface area contributed by atoms with Crippen molar-refractivity contribution in [3.05, 3.63) is 5.82 Å². The molecule has 1 N–H and O–H groups in total. The fourth-order valence-electron chi connectivity index (χ4n) is 2.52. The number of nitrogens with one attached hydrogen (secondary N) is 1. The summed E-state index contributed by atoms with van der Waals surface area (Å²) < 4.78 is 10.1. The Morgan fingerprint density at radius 1 is 1.68 bits per heavy atom. The van der Waals surface area contributed by atoms with Gasteiger partial charge in [0, 0.05) is 5.25 Å². The minimum Gasteiger partial charge on any atom is -0.468 e. The first-order chi connectivity index (χ1) is 9.09. The predicted molar refractivity (Wildman–Crippen MR) is 76.6 cm³/mol. The third kappa shape index (κ3) is 3.27. The molecule has 1 saturated carbocycles. The molecule has 1 heterocycles. The highest BCUT2D eigenvalue weighted by Gasteiger charge is 2.46. The van der Waals surface area contributed by atoms with Crippen molar-refractivity contribution in [2.45, 2.75) is 48.2 Å². The Kier molecular flexibility index (Phi) is 4.81. The van der Waals surface area contributed by atoms with Gasteiger partial charge in [-0.25, -0.2) is 4.98 Å². The third-order valence-corrected chi connectivity index (χ3v) is 5.48. The van der Waals surface area contributed by atoms with Gasteiger partial charge in [-0.3, -0.25) is 4.79 Å². The van der Waals surface area contributed by atoms with E-state index >= 15 is 0 Å². The van der Waals surface area contributed by atoms with Crippen LogP contribution in [0.15, 0.2) is 4.34 Å². The largest absolute Gasteiger partial charge is 0.468 e. The summed E-state index contributed by atoms with van der Waals surface area (Å²) in [5.41, 5.74) is -0.513. The summed E-state index contributed by atoms with van der Waals surface area (Å²) in [4.78, 5) is 16.4. The highest BCUT2D eigenvalue weighted by atomic mass is 32.2. The first-order valence-electron chi connectivity index (χ1n) is 6.40. The number of carbonyl (C=O) groups excluding carboxylic acids is 1. The van der Waals surface area contributed by atoms with Crippen molar-refractivity contribution in [3.63, 3.8) is 0 Å². The van der Waals surface area contributed by atoms with Gasteiger partial charge in [-0.2, -0.15) is 4.37 Å². The van der Waals surface area contributed by atoms with Crippen LogP contribution in [0.3, 0.4) is 0 Å². The van der Waals surface area contributed by atoms with Crippen molar-refractivity contribution >= 4 is 29.3 Å². The van der Waals surface area contributed by atoms with E-state index in [1.54, 1.807) is 11.8 Å². The molecule has 0 aromatic carbocycles. The van der Waals surface area contributed by atoms with Crippen molar-refractivity contribution in [3.8, 4) is 0 Å². The van der Waals surface area contributed by atoms with Crippen LogP contribution in [-0.4, -0.2) is 39.8 Å². The number of thioether (sulfide) groups is 1. The van der Waals surface area contributed by atoms with Gasteiger partial charge in [0.05, 0.1) is 7.11 Å². The number of carbonyl (C=O) groups is 1. The smallest absolute Gasteiger partial charge is 0.326 e. The van der Waals surface area contributed by atoms with E-state index < -0.39 is 5.54 Å². The second kappa shape index (κ2) is 6.19. The standard InChI is InChI=1S/C12H19N3O2S2/c1-4-13-12(10(16)17-3)6-5-9(7-12)18-11-14-8(2)15-19-11/h9,13H,4-7H2,1-3H3. The maximum Gasteiger partial charge on any atom is 0.326 e. The normalized spacial score (nSPS) is 26.6. The zero-order chi connectivity index (χ0) is 13.9. The molecule has 1 fully saturated rings. The molecule has 1 aromatic heterocycles. The van der Waals surface area contributed by atoms with Crippen LogP contribution in [0.1, 0.15) is 32.0 Å². The fraction of sp³-hybridized carbons (Fsp3) is 0.750. The summed E-state index contributed by atoms with van der Waals surface area (Å²) in [5.74, 6) is 0.669. The lowest BCUT2D eigenvalue weighted by atomic mass is 9.98. The predicted octanol–water partition coefficient (Wildman–Crippen LogP) is 2.01. The molecule has 1 aliphatic rings. The van der Waals surface area contributed by atoms with Crippen LogP contribution in [0.25, 0.3) is 0 Å². The Labute approximate surface area is 121 Å². The average Bonchev–Trinajstić information content (AvgIpc) is 2.97. The van der Waals surface area contributed by atoms with Crippen LogP contribution in [0.5, 0.6) is 0 Å². The van der Waals surface area contributed by atoms with Gasteiger partial charge < -0.3 is 10.1 Å². The van der Waals surface area contributed by atoms with Gasteiger partial charge in [0.1, 0.15) is 11.4 Å². The van der Waals surface area contributed by atoms with Crippen LogP contribution in [-0.2, 0) is 9.53 Å². The summed E-state index contributed by atoms with van der Waals surface area (Å²) in [6, 6.07) is 0. The number of nitrogens with zero attached hydrogens (tertiary/aromatic N) is 2. The SMILES string of the molecule is CCNC1(C(=O)OC)CCC(Sc2nc(C)ns2)C1. The van der Waals surface area contributed by atoms with Crippen LogP contribution in [0.4, 0.5) is 0 Å². The van der Waals surface area contributed by atoms with Crippen LogP contribution in [0, 0.1) is 6.92 Å². The number of rotatable bonds is 5. The second-order valence-corrected chi connectivity index (χ2v) is 6.99. The molecular weight excluding hydrogens is 282 g/mol. The highest BCUT2D eigenvalue weighted by molar-refractivity contribution is 8.01. The Bertz CT molecular complexity index is 452. The third-order valence-electron chi connectivity index (χ3n) is 3.34. The van der Waals surface area contributed by atoms with E-state index in [-0.39, 0.29) is 5.97 Å². The average molecular weight is 301 g/mol. The molecule has 0 spiro atoms. The van der Waals surface area contributed by atoms with Gasteiger partial charge in [0.25, 0.3) is 0 Å². The number of esters is 1. The summed E-state index contributed by atoms with van der Waals surface area (Å²) in [7, 11) is 1.45. The Morgan fingerprint density at radius 3 is 3.05 bits per heavy atom. The number of hydrogen-bond acceptors (Lipinski definition) is 7. The van der Waals surface area contributed by atoms with E-state index in [2.05, 4.69) is 14.7 Å². The lowest BCUT2D eigenvalue weighted by Crippen LogP contribution is -2.50. The summed E-state index contributed by atoms with van der Waals surface area (Å²) in [5, 5.41) is 3.70. The van der Waals surface area contributed by atoms with E-state index in [0.717, 1.165) is 36.0 Å². The molecule has 0 radical (unpaired) electrons. The van der Waals surface area contributed by atoms with Crippen molar-refractivity contribution in [2.75, 3.05) is 13.7 Å². The topological polar surface area (TPSA) is 64.1 Å². The molecule has 2 rings (SSSR count). The molecule has 7 heteroatoms. The number of hydrogen-bond donors (Lipinski definition) is 1. The molecule has 0 aliphatic heterocycles. The molecule has 19 heavy (non-hydrogen) atoms. The second-order valence-electron chi connectivity index (χ2n) is 4.69. The molecule has 2 atom stereocenters. The molecule has 1 aliphatic carbocycles. The van der Waals surface area contributed by atoms with Crippen LogP contribution >= 0.6 is 23.3 Å². The lowest BCUT2D eigenvalue weighted by molar-refractivity contribution is -0.148. The molecule has 1 aromatic rings. The minimum absolute atomic E-state index is 0.147. The maximum atomic E-state index is 12.0. The first-order valence-corrected chi connectivity index (χ1v) is 8.05. The quantitative estimate of drug-likeness (QED) is 0.839. The molecule has 0 saturated heterocycles. The van der Waals surface area contributed by atoms with Gasteiger partial charge >= 0.3 is 5.97 Å². The molecular formula is C12H19N3O2S2. The molecule has 5 nitrogen and oxygen atoms in total. The number of likely N-dealkylation sites (N-methyl/N-ethyl adjacent to an activating group) is 1. The Hall–Kier alpha value is -0.660. The van der Waals surface area contributed by atoms with E-state index in [1.807, 2.05) is 13.8 Å². The first kappa shape index (κ1) is 14.7. The van der Waals surface area contributed by atoms with Gasteiger partial charge in [-0.15, -0.1) is 0 Å². The lowest BCUT2D eigenvalue weighted by Gasteiger charge is -2.27. The van der Waals surface area contributed by atoms with Gasteiger partial charge in [0.2, 0.25) is 0 Å². The Morgan fingerprint density at radius 2 is 2.47 bits per heavy atom. The van der Waals surface area contributed by atoms with E-state index in [1.165, 1.54) is 18.6 Å². The summed E-state index contributed by atoms with van der Waals surface area (Å²) in [6.45, 7) is 4.68. The number of methoxy groups -OCH3 is 1. The van der Waals surface area contributed by atoms with Crippen LogP contribution in [0.2, 0.25) is 0 Å². The van der Waals surface area contributed by atoms with Crippen molar-refractivity contribution in [1.82, 2.24) is 14.7 Å². The van der Waals surface area contributed by atoms with Gasteiger partial charge in [-0.1, -0.05) is 18.7 Å². The van der Waals surface area contributed by atoms with Crippen molar-refractivity contribution in [1.29, 1.82) is 0 Å². The van der Waals surface area contributed by atoms with Crippen molar-refractivity contribution < 1.29 is 9.53 Å². The van der Waals surface area contributed by atoms with E-state index in [4.69, 9.17) is 4.74 Å². The Balaban J connectivity index is 2.02. The summed E-state index contributed by atoms with van der Waals surface area (Å²) in [6.07, 6.45) is 2.60. The van der Waals surface area contributed by atoms with Crippen LogP contribution < -0.4 is 5.32 Å².